The number of nitrogens with zero attached hydrogens (tertiary/aromatic N) is 3. The number of fused-ring (bicyclic) bond motifs is 2. The van der Waals surface area contributed by atoms with E-state index in [1.165, 1.54) is 12.8 Å². The molecule has 27 heavy (non-hydrogen) atoms. The predicted molar refractivity (Wildman–Crippen MR) is 98.9 cm³/mol. The number of para-hydroxylation sites is 1. The van der Waals surface area contributed by atoms with Gasteiger partial charge < -0.3 is 14.8 Å². The molecule has 1 aromatic carbocycles. The smallest absolute Gasteiger partial charge is 0.274 e. The van der Waals surface area contributed by atoms with Crippen LogP contribution in [0, 0.1) is 12.8 Å². The van der Waals surface area contributed by atoms with Crippen molar-refractivity contribution in [2.45, 2.75) is 32.7 Å². The SMILES string of the molecule is Cc1cc(-c2cccc3c2OCO3)nc2c(C(=O)NC(C)C3CC3)ncn12. The number of nitrogens with one attached hydrogen (secondary N) is 1. The van der Waals surface area contributed by atoms with Crippen molar-refractivity contribution in [3.05, 3.63) is 42.0 Å². The summed E-state index contributed by atoms with van der Waals surface area (Å²) in [5.41, 5.74) is 3.40. The van der Waals surface area contributed by atoms with Crippen molar-refractivity contribution < 1.29 is 14.3 Å². The zero-order chi connectivity index (χ0) is 18.5. The molecule has 0 radical (unpaired) electrons. The highest BCUT2D eigenvalue weighted by Gasteiger charge is 2.30. The second-order valence-corrected chi connectivity index (χ2v) is 7.21. The summed E-state index contributed by atoms with van der Waals surface area (Å²) >= 11 is 0. The minimum Gasteiger partial charge on any atom is -0.454 e. The molecule has 0 saturated heterocycles. The maximum atomic E-state index is 12.7. The third-order valence-corrected chi connectivity index (χ3v) is 5.27. The largest absolute Gasteiger partial charge is 0.454 e. The highest BCUT2D eigenvalue weighted by Crippen LogP contribution is 2.40. The maximum Gasteiger partial charge on any atom is 0.274 e. The molecule has 7 nitrogen and oxygen atoms in total. The van der Waals surface area contributed by atoms with Gasteiger partial charge in [0.15, 0.2) is 22.8 Å². The lowest BCUT2D eigenvalue weighted by atomic mass is 10.1. The minimum absolute atomic E-state index is 0.154. The summed E-state index contributed by atoms with van der Waals surface area (Å²) in [5.74, 6) is 1.79. The lowest BCUT2D eigenvalue weighted by Gasteiger charge is -2.12. The Morgan fingerprint density at radius 1 is 1.33 bits per heavy atom. The molecule has 7 heteroatoms. The van der Waals surface area contributed by atoms with Crippen LogP contribution in [-0.4, -0.2) is 33.1 Å². The molecule has 1 aliphatic heterocycles. The van der Waals surface area contributed by atoms with E-state index in [2.05, 4.69) is 10.3 Å². The molecule has 0 spiro atoms. The summed E-state index contributed by atoms with van der Waals surface area (Å²) in [6.45, 7) is 4.21. The van der Waals surface area contributed by atoms with Crippen molar-refractivity contribution >= 4 is 11.6 Å². The fraction of sp³-hybridized carbons (Fsp3) is 0.350. The van der Waals surface area contributed by atoms with Gasteiger partial charge in [-0.2, -0.15) is 0 Å². The highest BCUT2D eigenvalue weighted by atomic mass is 16.7. The number of amides is 1. The molecule has 1 amide bonds. The molecule has 1 aliphatic carbocycles. The summed E-state index contributed by atoms with van der Waals surface area (Å²) in [6.07, 6.45) is 4.00. The van der Waals surface area contributed by atoms with Crippen LogP contribution in [0.4, 0.5) is 0 Å². The van der Waals surface area contributed by atoms with Gasteiger partial charge in [-0.25, -0.2) is 9.97 Å². The second kappa shape index (κ2) is 5.97. The number of carbonyl (C=O) groups is 1. The number of hydrogen-bond acceptors (Lipinski definition) is 5. The van der Waals surface area contributed by atoms with Crippen molar-refractivity contribution in [2.75, 3.05) is 6.79 Å². The van der Waals surface area contributed by atoms with Gasteiger partial charge in [0.1, 0.15) is 6.33 Å². The number of carbonyl (C=O) groups excluding carboxylic acids is 1. The van der Waals surface area contributed by atoms with E-state index in [1.54, 1.807) is 6.33 Å². The maximum absolute atomic E-state index is 12.7. The lowest BCUT2D eigenvalue weighted by Crippen LogP contribution is -2.34. The van der Waals surface area contributed by atoms with Gasteiger partial charge >= 0.3 is 0 Å². The van der Waals surface area contributed by atoms with Crippen LogP contribution < -0.4 is 14.8 Å². The van der Waals surface area contributed by atoms with Crippen LogP contribution in [0.2, 0.25) is 0 Å². The molecule has 2 aliphatic rings. The van der Waals surface area contributed by atoms with E-state index in [0.29, 0.717) is 28.8 Å². The van der Waals surface area contributed by atoms with E-state index < -0.39 is 0 Å². The van der Waals surface area contributed by atoms with Crippen LogP contribution in [0.1, 0.15) is 35.9 Å². The average molecular weight is 364 g/mol. The summed E-state index contributed by atoms with van der Waals surface area (Å²) in [5, 5.41) is 3.06. The zero-order valence-electron chi connectivity index (χ0n) is 15.2. The second-order valence-electron chi connectivity index (χ2n) is 7.21. The third-order valence-electron chi connectivity index (χ3n) is 5.27. The minimum atomic E-state index is -0.182. The zero-order valence-corrected chi connectivity index (χ0v) is 15.2. The standard InChI is InChI=1S/C20H20N4O3/c1-11-8-15(14-4-3-5-16-18(14)27-10-26-16)23-19-17(21-9-24(11)19)20(25)22-12(2)13-6-7-13/h3-5,8-9,12-13H,6-7,10H2,1-2H3,(H,22,25). The Morgan fingerprint density at radius 3 is 3.00 bits per heavy atom. The predicted octanol–water partition coefficient (Wildman–Crippen LogP) is 2.96. The Morgan fingerprint density at radius 2 is 2.19 bits per heavy atom. The molecule has 5 rings (SSSR count). The first kappa shape index (κ1) is 16.1. The Bertz CT molecular complexity index is 1050. The average Bonchev–Trinajstić information content (AvgIpc) is 3.24. The summed E-state index contributed by atoms with van der Waals surface area (Å²) in [4.78, 5) is 21.8. The summed E-state index contributed by atoms with van der Waals surface area (Å²) in [6, 6.07) is 7.83. The van der Waals surface area contributed by atoms with E-state index in [-0.39, 0.29) is 18.7 Å². The topological polar surface area (TPSA) is 77.8 Å². The Kier molecular flexibility index (Phi) is 3.56. The van der Waals surface area contributed by atoms with E-state index in [9.17, 15) is 4.79 Å². The molecule has 138 valence electrons. The van der Waals surface area contributed by atoms with E-state index in [1.807, 2.05) is 42.5 Å². The molecule has 1 fully saturated rings. The molecule has 3 heterocycles. The fourth-order valence-corrected chi connectivity index (χ4v) is 3.54. The summed E-state index contributed by atoms with van der Waals surface area (Å²) < 4.78 is 12.9. The Balaban J connectivity index is 1.58. The first-order valence-corrected chi connectivity index (χ1v) is 9.16. The molecule has 3 aromatic rings. The molecule has 1 unspecified atom stereocenters. The van der Waals surface area contributed by atoms with Crippen molar-refractivity contribution in [3.8, 4) is 22.8 Å². The van der Waals surface area contributed by atoms with Gasteiger partial charge in [0, 0.05) is 17.3 Å². The molecule has 2 aromatic heterocycles. The first-order chi connectivity index (χ1) is 13.1. The van der Waals surface area contributed by atoms with E-state index in [0.717, 1.165) is 17.0 Å². The fourth-order valence-electron chi connectivity index (χ4n) is 3.54. The number of benzene rings is 1. The monoisotopic (exact) mass is 364 g/mol. The Labute approximate surface area is 156 Å². The van der Waals surface area contributed by atoms with Crippen LogP contribution >= 0.6 is 0 Å². The lowest BCUT2D eigenvalue weighted by molar-refractivity contribution is 0.0933. The number of aryl methyl sites for hydroxylation is 1. The van der Waals surface area contributed by atoms with Gasteiger partial charge in [0.2, 0.25) is 6.79 Å². The van der Waals surface area contributed by atoms with Gasteiger partial charge in [0.25, 0.3) is 5.91 Å². The molecule has 1 N–H and O–H groups in total. The number of ether oxygens (including phenoxy) is 2. The van der Waals surface area contributed by atoms with E-state index in [4.69, 9.17) is 14.5 Å². The van der Waals surface area contributed by atoms with Crippen molar-refractivity contribution in [3.63, 3.8) is 0 Å². The van der Waals surface area contributed by atoms with E-state index >= 15 is 0 Å². The van der Waals surface area contributed by atoms with Crippen LogP contribution in [0.5, 0.6) is 11.5 Å². The first-order valence-electron chi connectivity index (χ1n) is 9.16. The highest BCUT2D eigenvalue weighted by molar-refractivity contribution is 5.98. The summed E-state index contributed by atoms with van der Waals surface area (Å²) in [7, 11) is 0. The van der Waals surface area contributed by atoms with Gasteiger partial charge in [-0.1, -0.05) is 6.07 Å². The quantitative estimate of drug-likeness (QED) is 0.770. The van der Waals surface area contributed by atoms with Gasteiger partial charge in [-0.05, 0) is 50.8 Å². The Hall–Kier alpha value is -3.09. The number of hydrogen-bond donors (Lipinski definition) is 1. The van der Waals surface area contributed by atoms with Gasteiger partial charge in [-0.15, -0.1) is 0 Å². The van der Waals surface area contributed by atoms with Gasteiger partial charge in [-0.3, -0.25) is 9.20 Å². The molecular weight excluding hydrogens is 344 g/mol. The van der Waals surface area contributed by atoms with Crippen molar-refractivity contribution in [1.82, 2.24) is 19.7 Å². The molecule has 1 saturated carbocycles. The number of aromatic nitrogens is 3. The third kappa shape index (κ3) is 2.70. The van der Waals surface area contributed by atoms with Crippen molar-refractivity contribution in [1.29, 1.82) is 0 Å². The molecular formula is C20H20N4O3. The van der Waals surface area contributed by atoms with Crippen LogP contribution in [-0.2, 0) is 0 Å². The molecule has 1 atom stereocenters. The van der Waals surface area contributed by atoms with Gasteiger partial charge in [0.05, 0.1) is 5.69 Å². The molecule has 0 bridgehead atoms. The number of imidazole rings is 1. The van der Waals surface area contributed by atoms with Crippen LogP contribution in [0.25, 0.3) is 16.9 Å². The van der Waals surface area contributed by atoms with Crippen LogP contribution in [0.15, 0.2) is 30.6 Å². The van der Waals surface area contributed by atoms with Crippen molar-refractivity contribution in [2.24, 2.45) is 5.92 Å². The van der Waals surface area contributed by atoms with Crippen LogP contribution in [0.3, 0.4) is 0 Å². The number of rotatable bonds is 4. The normalized spacial score (nSPS) is 16.5.